The van der Waals surface area contributed by atoms with Crippen LogP contribution in [0.5, 0.6) is 5.75 Å². The molecule has 0 aliphatic heterocycles. The minimum absolute atomic E-state index is 0.281. The van der Waals surface area contributed by atoms with Crippen molar-refractivity contribution < 1.29 is 4.74 Å². The zero-order valence-corrected chi connectivity index (χ0v) is 7.92. The molecule has 2 N–H and O–H groups in total. The summed E-state index contributed by atoms with van der Waals surface area (Å²) < 4.78 is 5.31. The van der Waals surface area contributed by atoms with Crippen LogP contribution >= 0.6 is 0 Å². The zero-order valence-electron chi connectivity index (χ0n) is 7.92. The van der Waals surface area contributed by atoms with Gasteiger partial charge in [-0.15, -0.1) is 6.42 Å². The molecule has 1 aromatic rings. The van der Waals surface area contributed by atoms with Gasteiger partial charge < -0.3 is 10.5 Å². The Balaban J connectivity index is 2.96. The molecule has 0 aromatic heterocycles. The second-order valence-corrected chi connectivity index (χ2v) is 2.97. The highest BCUT2D eigenvalue weighted by Gasteiger charge is 2.02. The summed E-state index contributed by atoms with van der Waals surface area (Å²) in [6.45, 7) is 4.22. The van der Waals surface area contributed by atoms with Gasteiger partial charge in [0.2, 0.25) is 0 Å². The summed E-state index contributed by atoms with van der Waals surface area (Å²) in [6, 6.07) is 3.79. The van der Waals surface area contributed by atoms with Crippen molar-refractivity contribution in [3.63, 3.8) is 0 Å². The Bertz CT molecular complexity index is 350. The van der Waals surface area contributed by atoms with Crippen LogP contribution in [-0.4, -0.2) is 6.61 Å². The summed E-state index contributed by atoms with van der Waals surface area (Å²) in [6.07, 6.45) is 5.09. The zero-order chi connectivity index (χ0) is 9.84. The van der Waals surface area contributed by atoms with E-state index in [4.69, 9.17) is 16.9 Å². The Morgan fingerprint density at radius 3 is 2.69 bits per heavy atom. The van der Waals surface area contributed by atoms with E-state index in [-0.39, 0.29) is 6.61 Å². The molecule has 68 valence electrons. The number of aryl methyl sites for hydroxylation is 2. The van der Waals surface area contributed by atoms with E-state index in [1.54, 1.807) is 0 Å². The van der Waals surface area contributed by atoms with Crippen LogP contribution in [0.15, 0.2) is 12.1 Å². The lowest BCUT2D eigenvalue weighted by molar-refractivity contribution is 0.368. The fraction of sp³-hybridized carbons (Fsp3) is 0.273. The molecule has 0 saturated carbocycles. The minimum atomic E-state index is 0.281. The first kappa shape index (κ1) is 9.47. The van der Waals surface area contributed by atoms with Crippen LogP contribution in [0.25, 0.3) is 0 Å². The highest BCUT2D eigenvalue weighted by atomic mass is 16.5. The number of nitrogens with two attached hydrogens (primary N) is 1. The minimum Gasteiger partial charge on any atom is -0.481 e. The number of rotatable bonds is 2. The molecule has 0 heterocycles. The molecule has 0 fully saturated rings. The molecule has 1 rings (SSSR count). The van der Waals surface area contributed by atoms with E-state index in [0.29, 0.717) is 0 Å². The maximum Gasteiger partial charge on any atom is 0.148 e. The van der Waals surface area contributed by atoms with Gasteiger partial charge in [0.15, 0.2) is 0 Å². The molecule has 0 atom stereocenters. The third-order valence-corrected chi connectivity index (χ3v) is 1.87. The Morgan fingerprint density at radius 1 is 1.38 bits per heavy atom. The molecule has 0 saturated heterocycles. The smallest absolute Gasteiger partial charge is 0.148 e. The predicted octanol–water partition coefficient (Wildman–Crippen LogP) is 1.90. The average Bonchev–Trinajstić information content (AvgIpc) is 2.09. The van der Waals surface area contributed by atoms with Crippen molar-refractivity contribution in [1.29, 1.82) is 0 Å². The molecule has 0 radical (unpaired) electrons. The molecule has 0 aliphatic rings. The van der Waals surface area contributed by atoms with Crippen LogP contribution in [0.4, 0.5) is 5.69 Å². The lowest BCUT2D eigenvalue weighted by Gasteiger charge is -2.09. The van der Waals surface area contributed by atoms with Crippen molar-refractivity contribution in [1.82, 2.24) is 0 Å². The molecule has 2 nitrogen and oxygen atoms in total. The van der Waals surface area contributed by atoms with Gasteiger partial charge in [0.25, 0.3) is 0 Å². The quantitative estimate of drug-likeness (QED) is 0.550. The standard InChI is InChI=1S/C11H13NO/c1-4-5-13-11-7-10(12)8(2)6-9(11)3/h1,6-7H,5,12H2,2-3H3. The van der Waals surface area contributed by atoms with Gasteiger partial charge in [-0.05, 0) is 25.0 Å². The van der Waals surface area contributed by atoms with Gasteiger partial charge in [0, 0.05) is 11.8 Å². The van der Waals surface area contributed by atoms with Crippen LogP contribution in [0.1, 0.15) is 11.1 Å². The van der Waals surface area contributed by atoms with Gasteiger partial charge in [-0.3, -0.25) is 0 Å². The van der Waals surface area contributed by atoms with Gasteiger partial charge in [-0.25, -0.2) is 0 Å². The number of terminal acetylenes is 1. The van der Waals surface area contributed by atoms with Crippen LogP contribution in [-0.2, 0) is 0 Å². The number of nitrogen functional groups attached to an aromatic ring is 1. The van der Waals surface area contributed by atoms with E-state index in [1.807, 2.05) is 26.0 Å². The molecular weight excluding hydrogens is 162 g/mol. The second-order valence-electron chi connectivity index (χ2n) is 2.97. The monoisotopic (exact) mass is 175 g/mol. The van der Waals surface area contributed by atoms with Crippen LogP contribution < -0.4 is 10.5 Å². The Morgan fingerprint density at radius 2 is 2.08 bits per heavy atom. The van der Waals surface area contributed by atoms with Gasteiger partial charge >= 0.3 is 0 Å². The van der Waals surface area contributed by atoms with Crippen LogP contribution in [0.3, 0.4) is 0 Å². The van der Waals surface area contributed by atoms with Crippen molar-refractivity contribution in [3.8, 4) is 18.1 Å². The summed E-state index contributed by atoms with van der Waals surface area (Å²) in [5, 5.41) is 0. The summed E-state index contributed by atoms with van der Waals surface area (Å²) in [5.41, 5.74) is 8.58. The number of hydrogen-bond donors (Lipinski definition) is 1. The topological polar surface area (TPSA) is 35.2 Å². The van der Waals surface area contributed by atoms with Crippen molar-refractivity contribution in [2.45, 2.75) is 13.8 Å². The van der Waals surface area contributed by atoms with Gasteiger partial charge in [-0.1, -0.05) is 12.0 Å². The molecule has 13 heavy (non-hydrogen) atoms. The maximum absolute atomic E-state index is 5.73. The van der Waals surface area contributed by atoms with E-state index in [2.05, 4.69) is 5.92 Å². The predicted molar refractivity (Wildman–Crippen MR) is 54.7 cm³/mol. The summed E-state index contributed by atoms with van der Waals surface area (Å²) in [5.74, 6) is 3.18. The van der Waals surface area contributed by atoms with Gasteiger partial charge in [0.05, 0.1) is 0 Å². The fourth-order valence-corrected chi connectivity index (χ4v) is 1.12. The van der Waals surface area contributed by atoms with Crippen LogP contribution in [0, 0.1) is 26.2 Å². The first-order chi connectivity index (χ1) is 6.15. The molecule has 0 spiro atoms. The lowest BCUT2D eigenvalue weighted by atomic mass is 10.1. The lowest BCUT2D eigenvalue weighted by Crippen LogP contribution is -1.98. The maximum atomic E-state index is 5.73. The highest BCUT2D eigenvalue weighted by molar-refractivity contribution is 5.54. The molecular formula is C11H13NO. The third-order valence-electron chi connectivity index (χ3n) is 1.87. The van der Waals surface area contributed by atoms with E-state index < -0.39 is 0 Å². The van der Waals surface area contributed by atoms with Crippen molar-refractivity contribution in [2.24, 2.45) is 0 Å². The Kier molecular flexibility index (Phi) is 2.81. The molecule has 2 heteroatoms. The van der Waals surface area contributed by atoms with Crippen molar-refractivity contribution in [2.75, 3.05) is 12.3 Å². The second kappa shape index (κ2) is 3.86. The largest absolute Gasteiger partial charge is 0.481 e. The molecule has 0 unspecified atom stereocenters. The number of ether oxygens (including phenoxy) is 1. The SMILES string of the molecule is C#CCOc1cc(N)c(C)cc1C. The van der Waals surface area contributed by atoms with Crippen molar-refractivity contribution in [3.05, 3.63) is 23.3 Å². The van der Waals surface area contributed by atoms with Gasteiger partial charge in [-0.2, -0.15) is 0 Å². The Hall–Kier alpha value is -1.62. The van der Waals surface area contributed by atoms with E-state index >= 15 is 0 Å². The first-order valence-electron chi connectivity index (χ1n) is 4.08. The third kappa shape index (κ3) is 2.16. The summed E-state index contributed by atoms with van der Waals surface area (Å²) in [7, 11) is 0. The average molecular weight is 175 g/mol. The van der Waals surface area contributed by atoms with Gasteiger partial charge in [0.1, 0.15) is 12.4 Å². The number of benzene rings is 1. The fourth-order valence-electron chi connectivity index (χ4n) is 1.12. The molecule has 0 aliphatic carbocycles. The Labute approximate surface area is 78.7 Å². The van der Waals surface area contributed by atoms with Crippen molar-refractivity contribution >= 4 is 5.69 Å². The number of hydrogen-bond acceptors (Lipinski definition) is 2. The number of anilines is 1. The first-order valence-corrected chi connectivity index (χ1v) is 4.08. The van der Waals surface area contributed by atoms with E-state index in [0.717, 1.165) is 22.6 Å². The summed E-state index contributed by atoms with van der Waals surface area (Å²) >= 11 is 0. The van der Waals surface area contributed by atoms with E-state index in [9.17, 15) is 0 Å². The molecule has 0 amide bonds. The van der Waals surface area contributed by atoms with Crippen LogP contribution in [0.2, 0.25) is 0 Å². The normalized spacial score (nSPS) is 9.31. The summed E-state index contributed by atoms with van der Waals surface area (Å²) in [4.78, 5) is 0. The highest BCUT2D eigenvalue weighted by Crippen LogP contribution is 2.24. The molecule has 1 aromatic carbocycles. The van der Waals surface area contributed by atoms with E-state index in [1.165, 1.54) is 0 Å². The molecule has 0 bridgehead atoms.